The third-order valence-corrected chi connectivity index (χ3v) is 5.62. The Bertz CT molecular complexity index is 1180. The van der Waals surface area contributed by atoms with Crippen molar-refractivity contribution in [2.45, 2.75) is 38.8 Å². The molecule has 0 saturated heterocycles. The Hall–Kier alpha value is -3.74. The van der Waals surface area contributed by atoms with Gasteiger partial charge in [-0.3, -0.25) is 4.79 Å². The summed E-state index contributed by atoms with van der Waals surface area (Å²) >= 11 is 0. The van der Waals surface area contributed by atoms with Crippen LogP contribution in [-0.2, 0) is 19.5 Å². The van der Waals surface area contributed by atoms with Crippen molar-refractivity contribution in [3.63, 3.8) is 0 Å². The maximum absolute atomic E-state index is 13.1. The number of benzene rings is 1. The molecule has 4 heterocycles. The van der Waals surface area contributed by atoms with Gasteiger partial charge in [0.1, 0.15) is 11.5 Å². The van der Waals surface area contributed by atoms with Gasteiger partial charge >= 0.3 is 0 Å². The molecule has 0 fully saturated rings. The molecule has 7 heteroatoms. The quantitative estimate of drug-likeness (QED) is 0.541. The maximum Gasteiger partial charge on any atom is 0.272 e. The van der Waals surface area contributed by atoms with Gasteiger partial charge in [-0.1, -0.05) is 36.8 Å². The highest BCUT2D eigenvalue weighted by Crippen LogP contribution is 2.27. The number of hydrogen-bond donors (Lipinski definition) is 1. The van der Waals surface area contributed by atoms with Crippen molar-refractivity contribution in [1.29, 1.82) is 0 Å². The minimum Gasteiger partial charge on any atom is -0.347 e. The SMILES string of the molecule is O=C(NCc1ccnc(-n2cccn2)c1)c1nc(-c2ccccc2)n2c1CCCCC2. The predicted molar refractivity (Wildman–Crippen MR) is 118 cm³/mol. The van der Waals surface area contributed by atoms with Crippen LogP contribution in [0.4, 0.5) is 0 Å². The Kier molecular flexibility index (Phi) is 5.31. The van der Waals surface area contributed by atoms with Crippen LogP contribution in [0.3, 0.4) is 0 Å². The van der Waals surface area contributed by atoms with E-state index < -0.39 is 0 Å². The number of hydrogen-bond acceptors (Lipinski definition) is 4. The van der Waals surface area contributed by atoms with Crippen molar-refractivity contribution in [3.8, 4) is 17.2 Å². The molecule has 3 aromatic heterocycles. The van der Waals surface area contributed by atoms with Crippen LogP contribution in [-0.4, -0.2) is 30.2 Å². The van der Waals surface area contributed by atoms with E-state index in [2.05, 4.69) is 32.1 Å². The Morgan fingerprint density at radius 1 is 1.03 bits per heavy atom. The minimum absolute atomic E-state index is 0.134. The Balaban J connectivity index is 1.40. The number of aromatic nitrogens is 5. The zero-order valence-corrected chi connectivity index (χ0v) is 17.2. The standard InChI is InChI=1S/C24H24N6O/c31-24(26-17-18-11-13-25-21(16-18)30-15-7-12-27-30)22-20-10-5-2-6-14-29(20)23(28-22)19-8-3-1-4-9-19/h1,3-4,7-9,11-13,15-16H,2,5-6,10,14,17H2,(H,26,31). The van der Waals surface area contributed by atoms with Crippen LogP contribution in [0.5, 0.6) is 0 Å². The van der Waals surface area contributed by atoms with Crippen molar-refractivity contribution in [1.82, 2.24) is 29.6 Å². The molecule has 0 spiro atoms. The van der Waals surface area contributed by atoms with E-state index in [1.165, 1.54) is 6.42 Å². The first-order valence-electron chi connectivity index (χ1n) is 10.7. The van der Waals surface area contributed by atoms with E-state index in [-0.39, 0.29) is 5.91 Å². The zero-order valence-electron chi connectivity index (χ0n) is 17.2. The van der Waals surface area contributed by atoms with Gasteiger partial charge < -0.3 is 9.88 Å². The lowest BCUT2D eigenvalue weighted by molar-refractivity contribution is 0.0945. The molecule has 0 saturated carbocycles. The lowest BCUT2D eigenvalue weighted by atomic mass is 10.1. The van der Waals surface area contributed by atoms with Gasteiger partial charge in [0.25, 0.3) is 5.91 Å². The van der Waals surface area contributed by atoms with E-state index in [1.54, 1.807) is 17.1 Å². The summed E-state index contributed by atoms with van der Waals surface area (Å²) in [7, 11) is 0. The van der Waals surface area contributed by atoms with Gasteiger partial charge in [-0.2, -0.15) is 5.10 Å². The summed E-state index contributed by atoms with van der Waals surface area (Å²) in [6, 6.07) is 15.8. The van der Waals surface area contributed by atoms with Crippen molar-refractivity contribution in [2.75, 3.05) is 0 Å². The van der Waals surface area contributed by atoms with Gasteiger partial charge in [-0.25, -0.2) is 14.6 Å². The highest BCUT2D eigenvalue weighted by molar-refractivity contribution is 5.94. The second-order valence-electron chi connectivity index (χ2n) is 7.71. The van der Waals surface area contributed by atoms with Gasteiger partial charge in [0.2, 0.25) is 0 Å². The molecule has 156 valence electrons. The van der Waals surface area contributed by atoms with Crippen molar-refractivity contribution < 1.29 is 4.79 Å². The predicted octanol–water partition coefficient (Wildman–Crippen LogP) is 3.79. The molecule has 0 bridgehead atoms. The van der Waals surface area contributed by atoms with Crippen LogP contribution < -0.4 is 5.32 Å². The molecule has 0 atom stereocenters. The Morgan fingerprint density at radius 3 is 2.77 bits per heavy atom. The van der Waals surface area contributed by atoms with Crippen LogP contribution in [0.15, 0.2) is 67.1 Å². The first kappa shape index (κ1) is 19.2. The van der Waals surface area contributed by atoms with Crippen molar-refractivity contribution in [2.24, 2.45) is 0 Å². The molecule has 5 rings (SSSR count). The van der Waals surface area contributed by atoms with E-state index in [0.717, 1.165) is 54.3 Å². The average molecular weight is 412 g/mol. The lowest BCUT2D eigenvalue weighted by Gasteiger charge is -2.09. The topological polar surface area (TPSA) is 77.6 Å². The summed E-state index contributed by atoms with van der Waals surface area (Å²) < 4.78 is 3.94. The van der Waals surface area contributed by atoms with Gasteiger partial charge in [0, 0.05) is 37.2 Å². The molecule has 0 aliphatic carbocycles. The molecule has 4 aromatic rings. The molecule has 1 N–H and O–H groups in total. The fourth-order valence-electron chi connectivity index (χ4n) is 4.08. The van der Waals surface area contributed by atoms with Crippen LogP contribution in [0.1, 0.15) is 41.0 Å². The lowest BCUT2D eigenvalue weighted by Crippen LogP contribution is -2.24. The monoisotopic (exact) mass is 412 g/mol. The largest absolute Gasteiger partial charge is 0.347 e. The molecular formula is C24H24N6O. The molecule has 1 aliphatic heterocycles. The third-order valence-electron chi connectivity index (χ3n) is 5.62. The second kappa shape index (κ2) is 8.55. The third kappa shape index (κ3) is 3.99. The molecule has 1 aliphatic rings. The number of pyridine rings is 1. The van der Waals surface area contributed by atoms with E-state index in [4.69, 9.17) is 4.98 Å². The Labute approximate surface area is 180 Å². The van der Waals surface area contributed by atoms with Gasteiger partial charge in [0.05, 0.1) is 5.69 Å². The summed E-state index contributed by atoms with van der Waals surface area (Å²) in [6.07, 6.45) is 9.52. The van der Waals surface area contributed by atoms with Crippen molar-refractivity contribution in [3.05, 3.63) is 84.1 Å². The molecule has 1 aromatic carbocycles. The smallest absolute Gasteiger partial charge is 0.272 e. The van der Waals surface area contributed by atoms with Gasteiger partial charge in [-0.05, 0) is 43.0 Å². The summed E-state index contributed by atoms with van der Waals surface area (Å²) in [5.74, 6) is 1.47. The minimum atomic E-state index is -0.134. The highest BCUT2D eigenvalue weighted by Gasteiger charge is 2.24. The van der Waals surface area contributed by atoms with E-state index >= 15 is 0 Å². The van der Waals surface area contributed by atoms with Crippen LogP contribution >= 0.6 is 0 Å². The first-order valence-corrected chi connectivity index (χ1v) is 10.7. The number of amides is 1. The van der Waals surface area contributed by atoms with Gasteiger partial charge in [0.15, 0.2) is 5.82 Å². The molecule has 0 radical (unpaired) electrons. The number of nitrogens with zero attached hydrogens (tertiary/aromatic N) is 5. The van der Waals surface area contributed by atoms with Crippen LogP contribution in [0, 0.1) is 0 Å². The molecular weight excluding hydrogens is 388 g/mol. The van der Waals surface area contributed by atoms with Gasteiger partial charge in [-0.15, -0.1) is 0 Å². The zero-order chi connectivity index (χ0) is 21.0. The van der Waals surface area contributed by atoms with Crippen LogP contribution in [0.25, 0.3) is 17.2 Å². The van der Waals surface area contributed by atoms with E-state index in [0.29, 0.717) is 12.2 Å². The number of imidazole rings is 1. The molecule has 0 unspecified atom stereocenters. The second-order valence-corrected chi connectivity index (χ2v) is 7.71. The van der Waals surface area contributed by atoms with Crippen molar-refractivity contribution >= 4 is 5.91 Å². The number of carbonyl (C=O) groups is 1. The highest BCUT2D eigenvalue weighted by atomic mass is 16.1. The molecule has 7 nitrogen and oxygen atoms in total. The summed E-state index contributed by atoms with van der Waals surface area (Å²) in [5.41, 5.74) is 3.59. The molecule has 31 heavy (non-hydrogen) atoms. The molecule has 1 amide bonds. The number of nitrogens with one attached hydrogen (secondary N) is 1. The first-order chi connectivity index (χ1) is 15.3. The maximum atomic E-state index is 13.1. The summed E-state index contributed by atoms with van der Waals surface area (Å²) in [5, 5.41) is 7.26. The summed E-state index contributed by atoms with van der Waals surface area (Å²) in [6.45, 7) is 1.31. The number of rotatable bonds is 5. The Morgan fingerprint density at radius 2 is 1.94 bits per heavy atom. The fourth-order valence-corrected chi connectivity index (χ4v) is 4.08. The number of fused-ring (bicyclic) bond motifs is 1. The summed E-state index contributed by atoms with van der Waals surface area (Å²) in [4.78, 5) is 22.3. The average Bonchev–Trinajstić information content (AvgIpc) is 3.41. The normalized spacial score (nSPS) is 13.4. The fraction of sp³-hybridized carbons (Fsp3) is 0.250. The number of carbonyl (C=O) groups excluding carboxylic acids is 1. The van der Waals surface area contributed by atoms with E-state index in [1.807, 2.05) is 42.6 Å². The van der Waals surface area contributed by atoms with Crippen LogP contribution in [0.2, 0.25) is 0 Å². The van der Waals surface area contributed by atoms with E-state index in [9.17, 15) is 4.79 Å².